The van der Waals surface area contributed by atoms with Gasteiger partial charge in [-0.2, -0.15) is 0 Å². The SMILES string of the molecule is CCC(C)C(C)NC(=O)CN1CCCNCC1. The summed E-state index contributed by atoms with van der Waals surface area (Å²) in [5.74, 6) is 0.712. The molecule has 100 valence electrons. The van der Waals surface area contributed by atoms with E-state index in [1.54, 1.807) is 0 Å². The highest BCUT2D eigenvalue weighted by atomic mass is 16.2. The van der Waals surface area contributed by atoms with Gasteiger partial charge in [-0.3, -0.25) is 9.69 Å². The lowest BCUT2D eigenvalue weighted by Crippen LogP contribution is -2.44. The molecule has 0 aliphatic carbocycles. The topological polar surface area (TPSA) is 44.4 Å². The molecule has 1 aliphatic rings. The zero-order valence-corrected chi connectivity index (χ0v) is 11.5. The third-order valence-corrected chi connectivity index (χ3v) is 3.69. The molecular weight excluding hydrogens is 214 g/mol. The summed E-state index contributed by atoms with van der Waals surface area (Å²) < 4.78 is 0. The second kappa shape index (κ2) is 7.67. The average Bonchev–Trinajstić information content (AvgIpc) is 2.56. The fraction of sp³-hybridized carbons (Fsp3) is 0.923. The maximum Gasteiger partial charge on any atom is 0.234 e. The number of carbonyl (C=O) groups excluding carboxylic acids is 1. The van der Waals surface area contributed by atoms with Crippen molar-refractivity contribution in [1.82, 2.24) is 15.5 Å². The third-order valence-electron chi connectivity index (χ3n) is 3.69. The highest BCUT2D eigenvalue weighted by molar-refractivity contribution is 5.78. The third kappa shape index (κ3) is 5.50. The van der Waals surface area contributed by atoms with E-state index < -0.39 is 0 Å². The first-order valence-electron chi connectivity index (χ1n) is 6.86. The average molecular weight is 241 g/mol. The fourth-order valence-electron chi connectivity index (χ4n) is 2.06. The maximum atomic E-state index is 11.9. The van der Waals surface area contributed by atoms with Crippen molar-refractivity contribution in [2.24, 2.45) is 5.92 Å². The Bertz CT molecular complexity index is 225. The lowest BCUT2D eigenvalue weighted by Gasteiger charge is -2.23. The van der Waals surface area contributed by atoms with Crippen molar-refractivity contribution in [3.05, 3.63) is 0 Å². The number of rotatable bonds is 5. The van der Waals surface area contributed by atoms with Gasteiger partial charge >= 0.3 is 0 Å². The molecule has 1 aliphatic heterocycles. The Morgan fingerprint density at radius 1 is 1.35 bits per heavy atom. The van der Waals surface area contributed by atoms with E-state index in [2.05, 4.69) is 36.3 Å². The smallest absolute Gasteiger partial charge is 0.234 e. The van der Waals surface area contributed by atoms with Gasteiger partial charge in [-0.25, -0.2) is 0 Å². The van der Waals surface area contributed by atoms with Crippen LogP contribution < -0.4 is 10.6 Å². The fourth-order valence-corrected chi connectivity index (χ4v) is 2.06. The summed E-state index contributed by atoms with van der Waals surface area (Å²) in [6.07, 6.45) is 2.24. The molecule has 1 rings (SSSR count). The van der Waals surface area contributed by atoms with Gasteiger partial charge in [0.2, 0.25) is 5.91 Å². The van der Waals surface area contributed by atoms with Gasteiger partial charge in [0.1, 0.15) is 0 Å². The van der Waals surface area contributed by atoms with Gasteiger partial charge in [-0.05, 0) is 32.4 Å². The first-order valence-corrected chi connectivity index (χ1v) is 6.86. The monoisotopic (exact) mass is 241 g/mol. The molecule has 1 amide bonds. The molecule has 0 spiro atoms. The van der Waals surface area contributed by atoms with E-state index in [0.717, 1.165) is 39.0 Å². The van der Waals surface area contributed by atoms with Crippen molar-refractivity contribution < 1.29 is 4.79 Å². The van der Waals surface area contributed by atoms with Crippen LogP contribution in [0.4, 0.5) is 0 Å². The van der Waals surface area contributed by atoms with Gasteiger partial charge in [0.15, 0.2) is 0 Å². The molecule has 0 radical (unpaired) electrons. The summed E-state index contributed by atoms with van der Waals surface area (Å²) in [4.78, 5) is 14.1. The molecule has 0 aromatic rings. The van der Waals surface area contributed by atoms with E-state index in [0.29, 0.717) is 12.5 Å². The van der Waals surface area contributed by atoms with Crippen LogP contribution in [0, 0.1) is 5.92 Å². The van der Waals surface area contributed by atoms with E-state index in [1.165, 1.54) is 0 Å². The zero-order valence-electron chi connectivity index (χ0n) is 11.5. The van der Waals surface area contributed by atoms with Crippen LogP contribution >= 0.6 is 0 Å². The molecule has 4 nitrogen and oxygen atoms in total. The number of nitrogens with zero attached hydrogens (tertiary/aromatic N) is 1. The molecule has 0 bridgehead atoms. The number of hydrogen-bond donors (Lipinski definition) is 2. The van der Waals surface area contributed by atoms with Gasteiger partial charge in [0.05, 0.1) is 6.54 Å². The van der Waals surface area contributed by atoms with Crippen molar-refractivity contribution in [3.63, 3.8) is 0 Å². The molecule has 2 atom stereocenters. The summed E-state index contributed by atoms with van der Waals surface area (Å²) in [6.45, 7) is 11.0. The summed E-state index contributed by atoms with van der Waals surface area (Å²) in [7, 11) is 0. The molecule has 17 heavy (non-hydrogen) atoms. The van der Waals surface area contributed by atoms with Gasteiger partial charge in [0.25, 0.3) is 0 Å². The van der Waals surface area contributed by atoms with Crippen LogP contribution in [0.5, 0.6) is 0 Å². The largest absolute Gasteiger partial charge is 0.352 e. The van der Waals surface area contributed by atoms with Gasteiger partial charge in [0, 0.05) is 19.1 Å². The Kier molecular flexibility index (Phi) is 6.52. The molecule has 4 heteroatoms. The highest BCUT2D eigenvalue weighted by Crippen LogP contribution is 2.06. The second-order valence-corrected chi connectivity index (χ2v) is 5.12. The molecule has 1 heterocycles. The van der Waals surface area contributed by atoms with E-state index >= 15 is 0 Å². The predicted octanol–water partition coefficient (Wildman–Crippen LogP) is 0.833. The van der Waals surface area contributed by atoms with Crippen LogP contribution in [0.25, 0.3) is 0 Å². The Balaban J connectivity index is 2.27. The van der Waals surface area contributed by atoms with Crippen molar-refractivity contribution >= 4 is 5.91 Å². The molecule has 0 saturated carbocycles. The molecule has 0 aromatic heterocycles. The quantitative estimate of drug-likeness (QED) is 0.749. The van der Waals surface area contributed by atoms with E-state index in [-0.39, 0.29) is 11.9 Å². The summed E-state index contributed by atoms with van der Waals surface area (Å²) in [5.41, 5.74) is 0. The molecule has 1 fully saturated rings. The zero-order chi connectivity index (χ0) is 12.7. The predicted molar refractivity (Wildman–Crippen MR) is 71.0 cm³/mol. The van der Waals surface area contributed by atoms with Gasteiger partial charge < -0.3 is 10.6 Å². The van der Waals surface area contributed by atoms with Crippen molar-refractivity contribution in [2.45, 2.75) is 39.7 Å². The van der Waals surface area contributed by atoms with Gasteiger partial charge in [-0.1, -0.05) is 20.3 Å². The number of hydrogen-bond acceptors (Lipinski definition) is 3. The number of carbonyl (C=O) groups is 1. The van der Waals surface area contributed by atoms with E-state index in [4.69, 9.17) is 0 Å². The highest BCUT2D eigenvalue weighted by Gasteiger charge is 2.16. The molecule has 2 N–H and O–H groups in total. The summed E-state index contributed by atoms with van der Waals surface area (Å²) in [5, 5.41) is 6.44. The van der Waals surface area contributed by atoms with Crippen LogP contribution in [0.15, 0.2) is 0 Å². The van der Waals surface area contributed by atoms with Crippen molar-refractivity contribution in [1.29, 1.82) is 0 Å². The van der Waals surface area contributed by atoms with Gasteiger partial charge in [-0.15, -0.1) is 0 Å². The van der Waals surface area contributed by atoms with Crippen molar-refractivity contribution in [3.8, 4) is 0 Å². The first-order chi connectivity index (χ1) is 8.13. The van der Waals surface area contributed by atoms with E-state index in [9.17, 15) is 4.79 Å². The minimum absolute atomic E-state index is 0.166. The standard InChI is InChI=1S/C13H27N3O/c1-4-11(2)12(3)15-13(17)10-16-8-5-6-14-7-9-16/h11-12,14H,4-10H2,1-3H3,(H,15,17). The van der Waals surface area contributed by atoms with Crippen LogP contribution in [-0.2, 0) is 4.79 Å². The summed E-state index contributed by atoms with van der Waals surface area (Å²) in [6, 6.07) is 0.276. The minimum atomic E-state index is 0.166. The Morgan fingerprint density at radius 3 is 2.82 bits per heavy atom. The number of amides is 1. The van der Waals surface area contributed by atoms with Crippen LogP contribution in [-0.4, -0.2) is 49.6 Å². The summed E-state index contributed by atoms with van der Waals surface area (Å²) >= 11 is 0. The van der Waals surface area contributed by atoms with Crippen molar-refractivity contribution in [2.75, 3.05) is 32.7 Å². The van der Waals surface area contributed by atoms with Crippen LogP contribution in [0.3, 0.4) is 0 Å². The molecule has 0 aromatic carbocycles. The lowest BCUT2D eigenvalue weighted by molar-refractivity contribution is -0.123. The van der Waals surface area contributed by atoms with Crippen LogP contribution in [0.1, 0.15) is 33.6 Å². The number of nitrogens with one attached hydrogen (secondary N) is 2. The Hall–Kier alpha value is -0.610. The normalized spacial score (nSPS) is 21.6. The van der Waals surface area contributed by atoms with E-state index in [1.807, 2.05) is 0 Å². The Labute approximate surface area is 105 Å². The lowest BCUT2D eigenvalue weighted by atomic mass is 10.0. The minimum Gasteiger partial charge on any atom is -0.352 e. The maximum absolute atomic E-state index is 11.9. The first kappa shape index (κ1) is 14.5. The molecule has 1 saturated heterocycles. The molecular formula is C13H27N3O. The Morgan fingerprint density at radius 2 is 2.12 bits per heavy atom. The van der Waals surface area contributed by atoms with Crippen LogP contribution in [0.2, 0.25) is 0 Å². The molecule has 2 unspecified atom stereocenters. The second-order valence-electron chi connectivity index (χ2n) is 5.12.